The van der Waals surface area contributed by atoms with E-state index in [1.54, 1.807) is 41.4 Å². The lowest BCUT2D eigenvalue weighted by atomic mass is 10.1. The Hall–Kier alpha value is -3.52. The molecule has 3 aromatic rings. The van der Waals surface area contributed by atoms with Crippen LogP contribution in [0, 0.1) is 0 Å². The molecule has 2 aromatic carbocycles. The Morgan fingerprint density at radius 1 is 1.16 bits per heavy atom. The van der Waals surface area contributed by atoms with Crippen LogP contribution in [-0.4, -0.2) is 30.1 Å². The number of carbonyl (C=O) groups is 2. The molecular formula is C23H19N3O4S. The van der Waals surface area contributed by atoms with Gasteiger partial charge in [-0.3, -0.25) is 9.59 Å². The van der Waals surface area contributed by atoms with Crippen LogP contribution in [0.3, 0.4) is 0 Å². The highest BCUT2D eigenvalue weighted by Crippen LogP contribution is 2.40. The van der Waals surface area contributed by atoms with Crippen LogP contribution in [0.25, 0.3) is 0 Å². The van der Waals surface area contributed by atoms with Crippen LogP contribution >= 0.6 is 11.8 Å². The van der Waals surface area contributed by atoms with Gasteiger partial charge in [0, 0.05) is 29.7 Å². The van der Waals surface area contributed by atoms with Gasteiger partial charge >= 0.3 is 0 Å². The van der Waals surface area contributed by atoms with E-state index in [1.165, 1.54) is 11.8 Å². The normalized spacial score (nSPS) is 14.0. The molecule has 156 valence electrons. The first-order valence-electron chi connectivity index (χ1n) is 9.89. The van der Waals surface area contributed by atoms with Gasteiger partial charge in [0.15, 0.2) is 11.5 Å². The zero-order valence-corrected chi connectivity index (χ0v) is 17.6. The number of amides is 2. The van der Waals surface area contributed by atoms with Gasteiger partial charge in [-0.1, -0.05) is 17.8 Å². The lowest BCUT2D eigenvalue weighted by Gasteiger charge is -2.21. The van der Waals surface area contributed by atoms with Crippen molar-refractivity contribution in [3.63, 3.8) is 0 Å². The molecule has 1 N–H and O–H groups in total. The van der Waals surface area contributed by atoms with Crippen molar-refractivity contribution in [3.05, 3.63) is 71.4 Å². The standard InChI is InChI=1S/C23H19N3O4S/c1-2-26-17-7-5-14(10-20(17)31-22-16(23(26)28)4-3-9-24-22)12-25-21(27)15-6-8-18-19(11-15)30-13-29-18/h3-11H,2,12-13H2,1H3,(H,25,27). The fourth-order valence-corrected chi connectivity index (χ4v) is 4.68. The zero-order chi connectivity index (χ0) is 21.4. The molecule has 7 nitrogen and oxygen atoms in total. The molecule has 0 spiro atoms. The summed E-state index contributed by atoms with van der Waals surface area (Å²) >= 11 is 1.47. The van der Waals surface area contributed by atoms with E-state index in [1.807, 2.05) is 25.1 Å². The van der Waals surface area contributed by atoms with E-state index in [0.717, 1.165) is 16.1 Å². The highest BCUT2D eigenvalue weighted by Gasteiger charge is 2.27. The number of carbonyl (C=O) groups excluding carboxylic acids is 2. The molecule has 2 aliphatic rings. The van der Waals surface area contributed by atoms with Gasteiger partial charge in [-0.25, -0.2) is 4.98 Å². The van der Waals surface area contributed by atoms with Crippen molar-refractivity contribution in [3.8, 4) is 11.5 Å². The number of hydrogen-bond acceptors (Lipinski definition) is 6. The number of benzene rings is 2. The molecular weight excluding hydrogens is 414 g/mol. The third-order valence-electron chi connectivity index (χ3n) is 5.17. The number of hydrogen-bond donors (Lipinski definition) is 1. The van der Waals surface area contributed by atoms with Crippen LogP contribution in [-0.2, 0) is 6.54 Å². The van der Waals surface area contributed by atoms with Crippen molar-refractivity contribution >= 4 is 29.3 Å². The smallest absolute Gasteiger partial charge is 0.261 e. The van der Waals surface area contributed by atoms with Crippen LogP contribution in [0.5, 0.6) is 11.5 Å². The van der Waals surface area contributed by atoms with Crippen molar-refractivity contribution in [1.82, 2.24) is 10.3 Å². The highest BCUT2D eigenvalue weighted by atomic mass is 32.2. The third kappa shape index (κ3) is 3.59. The summed E-state index contributed by atoms with van der Waals surface area (Å²) < 4.78 is 10.6. The van der Waals surface area contributed by atoms with Crippen molar-refractivity contribution in [2.45, 2.75) is 23.4 Å². The average Bonchev–Trinajstić information content (AvgIpc) is 3.23. The summed E-state index contributed by atoms with van der Waals surface area (Å²) in [5.74, 6) is 0.965. The van der Waals surface area contributed by atoms with E-state index in [9.17, 15) is 9.59 Å². The van der Waals surface area contributed by atoms with Gasteiger partial charge in [0.1, 0.15) is 5.03 Å². The molecule has 2 amide bonds. The predicted molar refractivity (Wildman–Crippen MR) is 116 cm³/mol. The van der Waals surface area contributed by atoms with Crippen molar-refractivity contribution in [2.75, 3.05) is 18.2 Å². The molecule has 0 fully saturated rings. The minimum absolute atomic E-state index is 0.0549. The summed E-state index contributed by atoms with van der Waals surface area (Å²) in [5, 5.41) is 3.63. The van der Waals surface area contributed by atoms with E-state index in [-0.39, 0.29) is 18.6 Å². The lowest BCUT2D eigenvalue weighted by Crippen LogP contribution is -2.30. The number of nitrogens with one attached hydrogen (secondary N) is 1. The van der Waals surface area contributed by atoms with Gasteiger partial charge in [0.05, 0.1) is 11.3 Å². The Kier molecular flexibility index (Phi) is 4.99. The molecule has 0 saturated carbocycles. The lowest BCUT2D eigenvalue weighted by molar-refractivity contribution is 0.0949. The quantitative estimate of drug-likeness (QED) is 0.673. The third-order valence-corrected chi connectivity index (χ3v) is 6.24. The molecule has 8 heteroatoms. The van der Waals surface area contributed by atoms with Crippen LogP contribution in [0.15, 0.2) is 64.6 Å². The first-order chi connectivity index (χ1) is 15.1. The Morgan fingerprint density at radius 2 is 2.03 bits per heavy atom. The summed E-state index contributed by atoms with van der Waals surface area (Å²) in [6.07, 6.45) is 1.69. The van der Waals surface area contributed by atoms with Gasteiger partial charge in [-0.2, -0.15) is 0 Å². The molecule has 0 bridgehead atoms. The number of rotatable bonds is 4. The van der Waals surface area contributed by atoms with Gasteiger partial charge in [-0.05, 0) is 55.0 Å². The second-order valence-electron chi connectivity index (χ2n) is 7.06. The highest BCUT2D eigenvalue weighted by molar-refractivity contribution is 7.99. The number of nitrogens with zero attached hydrogens (tertiary/aromatic N) is 2. The zero-order valence-electron chi connectivity index (χ0n) is 16.8. The molecule has 1 aromatic heterocycles. The summed E-state index contributed by atoms with van der Waals surface area (Å²) in [5.41, 5.74) is 2.89. The fraction of sp³-hybridized carbons (Fsp3) is 0.174. The van der Waals surface area contributed by atoms with Crippen LogP contribution in [0.4, 0.5) is 5.69 Å². The Bertz CT molecular complexity index is 1200. The first-order valence-corrected chi connectivity index (χ1v) is 10.7. The van der Waals surface area contributed by atoms with Gasteiger partial charge in [0.2, 0.25) is 6.79 Å². The summed E-state index contributed by atoms with van der Waals surface area (Å²) in [6.45, 7) is 3.03. The van der Waals surface area contributed by atoms with Crippen LogP contribution in [0.2, 0.25) is 0 Å². The van der Waals surface area contributed by atoms with E-state index in [2.05, 4.69) is 10.3 Å². The maximum atomic E-state index is 13.0. The van der Waals surface area contributed by atoms with Gasteiger partial charge in [0.25, 0.3) is 11.8 Å². The molecule has 5 rings (SSSR count). The molecule has 0 atom stereocenters. The van der Waals surface area contributed by atoms with E-state index in [4.69, 9.17) is 9.47 Å². The Balaban J connectivity index is 1.37. The molecule has 0 aliphatic carbocycles. The second kappa shape index (κ2) is 7.96. The average molecular weight is 433 g/mol. The Labute approximate surface area is 183 Å². The summed E-state index contributed by atoms with van der Waals surface area (Å²) in [4.78, 5) is 32.6. The molecule has 2 aliphatic heterocycles. The van der Waals surface area contributed by atoms with Crippen molar-refractivity contribution < 1.29 is 19.1 Å². The number of fused-ring (bicyclic) bond motifs is 3. The molecule has 0 unspecified atom stereocenters. The summed E-state index contributed by atoms with van der Waals surface area (Å²) in [7, 11) is 0. The van der Waals surface area contributed by atoms with Gasteiger partial charge < -0.3 is 19.7 Å². The summed E-state index contributed by atoms with van der Waals surface area (Å²) in [6, 6.07) is 14.6. The predicted octanol–water partition coefficient (Wildman–Crippen LogP) is 3.87. The topological polar surface area (TPSA) is 80.8 Å². The maximum absolute atomic E-state index is 13.0. The number of ether oxygens (including phenoxy) is 2. The second-order valence-corrected chi connectivity index (χ2v) is 8.09. The number of aromatic nitrogens is 1. The van der Waals surface area contributed by atoms with Crippen molar-refractivity contribution in [1.29, 1.82) is 0 Å². The maximum Gasteiger partial charge on any atom is 0.261 e. The minimum atomic E-state index is -0.196. The van der Waals surface area contributed by atoms with Crippen LogP contribution < -0.4 is 19.7 Å². The van der Waals surface area contributed by atoms with E-state index >= 15 is 0 Å². The SMILES string of the molecule is CCN1C(=O)c2cccnc2Sc2cc(CNC(=O)c3ccc4c(c3)OCO4)ccc21. The fourth-order valence-electron chi connectivity index (χ4n) is 3.60. The Morgan fingerprint density at radius 3 is 2.90 bits per heavy atom. The monoisotopic (exact) mass is 433 g/mol. The van der Waals surface area contributed by atoms with Crippen LogP contribution in [0.1, 0.15) is 33.2 Å². The van der Waals surface area contributed by atoms with Gasteiger partial charge in [-0.15, -0.1) is 0 Å². The van der Waals surface area contributed by atoms with Crippen molar-refractivity contribution in [2.24, 2.45) is 0 Å². The molecule has 0 radical (unpaired) electrons. The largest absolute Gasteiger partial charge is 0.454 e. The minimum Gasteiger partial charge on any atom is -0.454 e. The first kappa shape index (κ1) is 19.4. The number of pyridine rings is 1. The molecule has 31 heavy (non-hydrogen) atoms. The van der Waals surface area contributed by atoms with E-state index in [0.29, 0.717) is 40.7 Å². The molecule has 3 heterocycles. The van der Waals surface area contributed by atoms with E-state index < -0.39 is 0 Å². The number of anilines is 1. The molecule has 0 saturated heterocycles.